The van der Waals surface area contributed by atoms with E-state index in [0.29, 0.717) is 0 Å². The molecule has 1 aromatic heterocycles. The molecule has 1 aromatic carbocycles. The number of aryl methyl sites for hydroxylation is 3. The van der Waals surface area contributed by atoms with Crippen molar-refractivity contribution >= 4 is 16.0 Å². The average molecular weight is 305 g/mol. The monoisotopic (exact) mass is 305 g/mol. The van der Waals surface area contributed by atoms with Crippen LogP contribution in [0.2, 0.25) is 0 Å². The Balaban J connectivity index is 2.30. The Bertz CT molecular complexity index is 725. The summed E-state index contributed by atoms with van der Waals surface area (Å²) < 4.78 is 27.0. The third-order valence-electron chi connectivity index (χ3n) is 2.97. The first-order valence-electron chi connectivity index (χ1n) is 6.85. The van der Waals surface area contributed by atoms with Crippen LogP contribution < -0.4 is 4.72 Å². The van der Waals surface area contributed by atoms with Crippen LogP contribution in [0.3, 0.4) is 0 Å². The summed E-state index contributed by atoms with van der Waals surface area (Å²) >= 11 is 0. The summed E-state index contributed by atoms with van der Waals surface area (Å²) in [6.45, 7) is 5.78. The summed E-state index contributed by atoms with van der Waals surface area (Å²) in [5, 5.41) is 0. The zero-order chi connectivity index (χ0) is 15.5. The van der Waals surface area contributed by atoms with E-state index in [9.17, 15) is 8.42 Å². The van der Waals surface area contributed by atoms with E-state index < -0.39 is 10.0 Å². The Morgan fingerprint density at radius 1 is 1.10 bits per heavy atom. The molecule has 0 bridgehead atoms. The number of nitrogens with zero attached hydrogens (tertiary/aromatic N) is 2. The number of sulfonamides is 1. The van der Waals surface area contributed by atoms with Crippen LogP contribution in [0.25, 0.3) is 0 Å². The Hall–Kier alpha value is -1.95. The number of hydrogen-bond acceptors (Lipinski definition) is 4. The third-order valence-corrected chi connectivity index (χ3v) is 4.31. The molecule has 0 atom stereocenters. The van der Waals surface area contributed by atoms with Gasteiger partial charge in [0.15, 0.2) is 0 Å². The molecule has 1 N–H and O–H groups in total. The van der Waals surface area contributed by atoms with Crippen molar-refractivity contribution < 1.29 is 8.42 Å². The second kappa shape index (κ2) is 6.22. The quantitative estimate of drug-likeness (QED) is 0.922. The molecular formula is C15H19N3O2S. The van der Waals surface area contributed by atoms with Gasteiger partial charge in [-0.15, -0.1) is 0 Å². The van der Waals surface area contributed by atoms with Crippen LogP contribution in [0.15, 0.2) is 35.2 Å². The van der Waals surface area contributed by atoms with Crippen molar-refractivity contribution in [2.75, 3.05) is 4.72 Å². The lowest BCUT2D eigenvalue weighted by Gasteiger charge is -2.09. The molecule has 5 nitrogen and oxygen atoms in total. The highest BCUT2D eigenvalue weighted by Gasteiger charge is 2.16. The molecule has 6 heteroatoms. The molecule has 0 amide bonds. The van der Waals surface area contributed by atoms with Crippen molar-refractivity contribution in [2.24, 2.45) is 0 Å². The summed E-state index contributed by atoms with van der Waals surface area (Å²) in [7, 11) is -3.65. The van der Waals surface area contributed by atoms with Gasteiger partial charge in [0.2, 0.25) is 5.95 Å². The molecule has 1 heterocycles. The lowest BCUT2D eigenvalue weighted by molar-refractivity contribution is 0.600. The van der Waals surface area contributed by atoms with Gasteiger partial charge in [-0.3, -0.25) is 0 Å². The molecule has 0 aliphatic carbocycles. The maximum Gasteiger partial charge on any atom is 0.264 e. The summed E-state index contributed by atoms with van der Waals surface area (Å²) in [6.07, 6.45) is 1.74. The maximum atomic E-state index is 12.3. The average Bonchev–Trinajstić information content (AvgIpc) is 2.38. The fourth-order valence-corrected chi connectivity index (χ4v) is 2.90. The molecule has 0 radical (unpaired) electrons. The molecular weight excluding hydrogens is 286 g/mol. The molecule has 2 aromatic rings. The Labute approximate surface area is 125 Å². The van der Waals surface area contributed by atoms with Crippen LogP contribution in [-0.4, -0.2) is 18.4 Å². The van der Waals surface area contributed by atoms with Gasteiger partial charge in [-0.2, -0.15) is 0 Å². The second-order valence-electron chi connectivity index (χ2n) is 4.99. The van der Waals surface area contributed by atoms with E-state index in [1.807, 2.05) is 26.8 Å². The second-order valence-corrected chi connectivity index (χ2v) is 6.68. The number of benzene rings is 1. The summed E-state index contributed by atoms with van der Waals surface area (Å²) in [5.41, 5.74) is 2.59. The molecule has 112 valence electrons. The van der Waals surface area contributed by atoms with Gasteiger partial charge in [-0.25, -0.2) is 23.1 Å². The molecule has 2 rings (SSSR count). The number of hydrogen-bond donors (Lipinski definition) is 1. The molecule has 0 fully saturated rings. The van der Waals surface area contributed by atoms with Crippen LogP contribution in [-0.2, 0) is 16.4 Å². The summed E-state index contributed by atoms with van der Waals surface area (Å²) in [6, 6.07) is 8.52. The van der Waals surface area contributed by atoms with Gasteiger partial charge in [0.25, 0.3) is 10.0 Å². The number of rotatable bonds is 5. The minimum atomic E-state index is -3.65. The standard InChI is InChI=1S/C15H19N3O2S/c1-4-5-13-10-12(3)16-15(17-13)18-21(19,20)14-8-6-11(2)7-9-14/h6-10H,4-5H2,1-3H3,(H,16,17,18). The van der Waals surface area contributed by atoms with Gasteiger partial charge in [0, 0.05) is 11.4 Å². The lowest BCUT2D eigenvalue weighted by Crippen LogP contribution is -2.16. The van der Waals surface area contributed by atoms with E-state index in [2.05, 4.69) is 14.7 Å². The van der Waals surface area contributed by atoms with E-state index in [1.54, 1.807) is 24.3 Å². The zero-order valence-corrected chi connectivity index (χ0v) is 13.2. The van der Waals surface area contributed by atoms with Gasteiger partial charge >= 0.3 is 0 Å². The molecule has 0 unspecified atom stereocenters. The third kappa shape index (κ3) is 4.01. The van der Waals surface area contributed by atoms with Crippen molar-refractivity contribution in [3.63, 3.8) is 0 Å². The van der Waals surface area contributed by atoms with Gasteiger partial charge in [0.1, 0.15) is 0 Å². The van der Waals surface area contributed by atoms with Crippen molar-refractivity contribution in [1.29, 1.82) is 0 Å². The zero-order valence-electron chi connectivity index (χ0n) is 12.4. The minimum absolute atomic E-state index is 0.124. The van der Waals surface area contributed by atoms with E-state index in [1.165, 1.54) is 0 Å². The highest BCUT2D eigenvalue weighted by Crippen LogP contribution is 2.15. The predicted octanol–water partition coefficient (Wildman–Crippen LogP) is 2.85. The molecule has 0 saturated carbocycles. The number of aromatic nitrogens is 2. The predicted molar refractivity (Wildman–Crippen MR) is 82.8 cm³/mol. The van der Waals surface area contributed by atoms with Gasteiger partial charge in [-0.05, 0) is 38.5 Å². The van der Waals surface area contributed by atoms with Crippen LogP contribution in [0.1, 0.15) is 30.3 Å². The summed E-state index contributed by atoms with van der Waals surface area (Å²) in [5.74, 6) is 0.124. The highest BCUT2D eigenvalue weighted by molar-refractivity contribution is 7.92. The number of anilines is 1. The van der Waals surface area contributed by atoms with Crippen LogP contribution in [0.5, 0.6) is 0 Å². The van der Waals surface area contributed by atoms with E-state index in [0.717, 1.165) is 29.8 Å². The fraction of sp³-hybridized carbons (Fsp3) is 0.333. The first-order valence-corrected chi connectivity index (χ1v) is 8.33. The van der Waals surface area contributed by atoms with Gasteiger partial charge in [-0.1, -0.05) is 31.0 Å². The van der Waals surface area contributed by atoms with Crippen LogP contribution in [0, 0.1) is 13.8 Å². The largest absolute Gasteiger partial charge is 0.264 e. The van der Waals surface area contributed by atoms with Gasteiger partial charge < -0.3 is 0 Å². The topological polar surface area (TPSA) is 72.0 Å². The molecule has 0 spiro atoms. The first-order chi connectivity index (χ1) is 9.90. The minimum Gasteiger partial charge on any atom is -0.247 e. The van der Waals surface area contributed by atoms with E-state index in [4.69, 9.17) is 0 Å². The van der Waals surface area contributed by atoms with Crippen molar-refractivity contribution in [3.8, 4) is 0 Å². The van der Waals surface area contributed by atoms with Gasteiger partial charge in [0.05, 0.1) is 4.90 Å². The molecule has 0 aliphatic heterocycles. The SMILES string of the molecule is CCCc1cc(C)nc(NS(=O)(=O)c2ccc(C)cc2)n1. The van der Waals surface area contributed by atoms with Crippen molar-refractivity contribution in [1.82, 2.24) is 9.97 Å². The fourth-order valence-electron chi connectivity index (χ4n) is 1.96. The first kappa shape index (κ1) is 15.4. The Kier molecular flexibility index (Phi) is 4.57. The molecule has 21 heavy (non-hydrogen) atoms. The Morgan fingerprint density at radius 2 is 1.76 bits per heavy atom. The van der Waals surface area contributed by atoms with Crippen LogP contribution >= 0.6 is 0 Å². The Morgan fingerprint density at radius 3 is 2.38 bits per heavy atom. The summed E-state index contributed by atoms with van der Waals surface area (Å²) in [4.78, 5) is 8.60. The lowest BCUT2D eigenvalue weighted by atomic mass is 10.2. The normalized spacial score (nSPS) is 11.4. The maximum absolute atomic E-state index is 12.3. The van der Waals surface area contributed by atoms with E-state index in [-0.39, 0.29) is 10.8 Å². The number of nitrogens with one attached hydrogen (secondary N) is 1. The molecule has 0 aliphatic rings. The molecule has 0 saturated heterocycles. The van der Waals surface area contributed by atoms with Crippen molar-refractivity contribution in [3.05, 3.63) is 47.3 Å². The highest BCUT2D eigenvalue weighted by atomic mass is 32.2. The van der Waals surface area contributed by atoms with E-state index >= 15 is 0 Å². The van der Waals surface area contributed by atoms with Crippen LogP contribution in [0.4, 0.5) is 5.95 Å². The smallest absolute Gasteiger partial charge is 0.247 e. The van der Waals surface area contributed by atoms with Crippen molar-refractivity contribution in [2.45, 2.75) is 38.5 Å².